The zero-order valence-corrected chi connectivity index (χ0v) is 10.8. The molecule has 0 spiro atoms. The number of nitrogens with one attached hydrogen (secondary N) is 1. The summed E-state index contributed by atoms with van der Waals surface area (Å²) in [6, 6.07) is 9.91. The first-order valence-corrected chi connectivity index (χ1v) is 7.20. The Bertz CT molecular complexity index is 368. The average molecular weight is 229 g/mol. The Morgan fingerprint density at radius 2 is 1.88 bits per heavy atom. The van der Waals surface area contributed by atoms with Crippen molar-refractivity contribution >= 4 is 0 Å². The molecule has 3 rings (SSSR count). The van der Waals surface area contributed by atoms with Crippen molar-refractivity contribution in [3.63, 3.8) is 0 Å². The predicted octanol–water partition coefficient (Wildman–Crippen LogP) is 3.70. The fourth-order valence-electron chi connectivity index (χ4n) is 3.68. The van der Waals surface area contributed by atoms with Crippen LogP contribution in [-0.2, 0) is 6.42 Å². The van der Waals surface area contributed by atoms with Crippen LogP contribution in [0.1, 0.15) is 49.8 Å². The van der Waals surface area contributed by atoms with Crippen molar-refractivity contribution in [3.8, 4) is 0 Å². The minimum atomic E-state index is 0.631. The molecule has 0 radical (unpaired) electrons. The van der Waals surface area contributed by atoms with E-state index in [2.05, 4.69) is 36.5 Å². The van der Waals surface area contributed by atoms with Crippen molar-refractivity contribution in [3.05, 3.63) is 35.4 Å². The highest BCUT2D eigenvalue weighted by atomic mass is 15.0. The lowest BCUT2D eigenvalue weighted by molar-refractivity contribution is 0.266. The van der Waals surface area contributed by atoms with Crippen molar-refractivity contribution in [2.45, 2.75) is 45.1 Å². The van der Waals surface area contributed by atoms with Gasteiger partial charge in [-0.25, -0.2) is 0 Å². The molecule has 1 heteroatoms. The molecule has 92 valence electrons. The molecule has 1 saturated heterocycles. The van der Waals surface area contributed by atoms with Crippen molar-refractivity contribution in [2.24, 2.45) is 11.8 Å². The first kappa shape index (κ1) is 11.3. The standard InChI is InChI=1S/C16H23N/c1-2-12-7-9-13(10-8-12)16-15-6-4-3-5-14(15)11-17-16/h7-10,14-17H,2-6,11H2,1H3/t14-,15?,16?/m0/s1. The first-order valence-electron chi connectivity index (χ1n) is 7.20. The SMILES string of the molecule is CCc1ccc(C2NC[C@@H]3CCCCC23)cc1. The zero-order chi connectivity index (χ0) is 11.7. The Balaban J connectivity index is 1.78. The molecule has 0 amide bonds. The number of fused-ring (bicyclic) bond motifs is 1. The molecule has 1 heterocycles. The molecule has 2 unspecified atom stereocenters. The second-order valence-corrected chi connectivity index (χ2v) is 5.69. The Morgan fingerprint density at radius 3 is 2.65 bits per heavy atom. The second-order valence-electron chi connectivity index (χ2n) is 5.69. The summed E-state index contributed by atoms with van der Waals surface area (Å²) in [6.07, 6.45) is 6.90. The quantitative estimate of drug-likeness (QED) is 0.815. The molecular formula is C16H23N. The Morgan fingerprint density at radius 1 is 1.12 bits per heavy atom. The summed E-state index contributed by atoms with van der Waals surface area (Å²) >= 11 is 0. The molecule has 2 aliphatic rings. The van der Waals surface area contributed by atoms with E-state index >= 15 is 0 Å². The molecule has 1 aliphatic carbocycles. The average Bonchev–Trinajstić information content (AvgIpc) is 2.83. The topological polar surface area (TPSA) is 12.0 Å². The minimum Gasteiger partial charge on any atom is -0.309 e. The third-order valence-electron chi connectivity index (χ3n) is 4.74. The van der Waals surface area contributed by atoms with Gasteiger partial charge in [-0.1, -0.05) is 44.0 Å². The van der Waals surface area contributed by atoms with Gasteiger partial charge in [-0.05, 0) is 48.8 Å². The van der Waals surface area contributed by atoms with Crippen LogP contribution >= 0.6 is 0 Å². The maximum Gasteiger partial charge on any atom is 0.0351 e. The molecule has 1 saturated carbocycles. The van der Waals surface area contributed by atoms with Crippen LogP contribution in [0, 0.1) is 11.8 Å². The molecule has 1 N–H and O–H groups in total. The summed E-state index contributed by atoms with van der Waals surface area (Å²) in [6.45, 7) is 3.46. The van der Waals surface area contributed by atoms with Gasteiger partial charge in [0.2, 0.25) is 0 Å². The summed E-state index contributed by atoms with van der Waals surface area (Å²) in [4.78, 5) is 0. The fourth-order valence-corrected chi connectivity index (χ4v) is 3.68. The molecule has 1 aromatic rings. The molecular weight excluding hydrogens is 206 g/mol. The lowest BCUT2D eigenvalue weighted by atomic mass is 9.77. The molecule has 1 nitrogen and oxygen atoms in total. The third-order valence-corrected chi connectivity index (χ3v) is 4.74. The maximum atomic E-state index is 3.75. The number of rotatable bonds is 2. The van der Waals surface area contributed by atoms with Crippen molar-refractivity contribution in [1.82, 2.24) is 5.32 Å². The highest BCUT2D eigenvalue weighted by Gasteiger charge is 2.37. The van der Waals surface area contributed by atoms with Crippen LogP contribution in [0.2, 0.25) is 0 Å². The summed E-state index contributed by atoms with van der Waals surface area (Å²) in [5, 5.41) is 3.75. The van der Waals surface area contributed by atoms with Crippen LogP contribution in [0.4, 0.5) is 0 Å². The Hall–Kier alpha value is -0.820. The van der Waals surface area contributed by atoms with Gasteiger partial charge in [0.05, 0.1) is 0 Å². The highest BCUT2D eigenvalue weighted by molar-refractivity contribution is 5.26. The summed E-state index contributed by atoms with van der Waals surface area (Å²) in [5.41, 5.74) is 2.96. The molecule has 1 aliphatic heterocycles. The van der Waals surface area contributed by atoms with E-state index in [1.807, 2.05) is 0 Å². The van der Waals surface area contributed by atoms with Crippen LogP contribution in [0.15, 0.2) is 24.3 Å². The van der Waals surface area contributed by atoms with Gasteiger partial charge >= 0.3 is 0 Å². The third kappa shape index (κ3) is 2.13. The van der Waals surface area contributed by atoms with Crippen molar-refractivity contribution in [2.75, 3.05) is 6.54 Å². The lowest BCUT2D eigenvalue weighted by Crippen LogP contribution is -2.20. The maximum absolute atomic E-state index is 3.75. The highest BCUT2D eigenvalue weighted by Crippen LogP contribution is 2.42. The molecule has 1 aromatic carbocycles. The van der Waals surface area contributed by atoms with E-state index in [-0.39, 0.29) is 0 Å². The van der Waals surface area contributed by atoms with Gasteiger partial charge < -0.3 is 5.32 Å². The van der Waals surface area contributed by atoms with Gasteiger partial charge in [0.25, 0.3) is 0 Å². The van der Waals surface area contributed by atoms with E-state index in [4.69, 9.17) is 0 Å². The van der Waals surface area contributed by atoms with Gasteiger partial charge in [-0.2, -0.15) is 0 Å². The number of hydrogen-bond donors (Lipinski definition) is 1. The van der Waals surface area contributed by atoms with Crippen LogP contribution in [-0.4, -0.2) is 6.54 Å². The van der Waals surface area contributed by atoms with E-state index in [0.717, 1.165) is 18.3 Å². The van der Waals surface area contributed by atoms with Gasteiger partial charge in [-0.3, -0.25) is 0 Å². The van der Waals surface area contributed by atoms with Crippen LogP contribution in [0.3, 0.4) is 0 Å². The van der Waals surface area contributed by atoms with Crippen LogP contribution < -0.4 is 5.32 Å². The van der Waals surface area contributed by atoms with Gasteiger partial charge in [0, 0.05) is 6.04 Å². The van der Waals surface area contributed by atoms with Gasteiger partial charge in [0.15, 0.2) is 0 Å². The molecule has 0 bridgehead atoms. The zero-order valence-electron chi connectivity index (χ0n) is 10.8. The fraction of sp³-hybridized carbons (Fsp3) is 0.625. The summed E-state index contributed by atoms with van der Waals surface area (Å²) < 4.78 is 0. The minimum absolute atomic E-state index is 0.631. The van der Waals surface area contributed by atoms with Gasteiger partial charge in [-0.15, -0.1) is 0 Å². The summed E-state index contributed by atoms with van der Waals surface area (Å²) in [5.74, 6) is 1.84. The molecule has 17 heavy (non-hydrogen) atoms. The van der Waals surface area contributed by atoms with Crippen LogP contribution in [0.5, 0.6) is 0 Å². The molecule has 0 aromatic heterocycles. The van der Waals surface area contributed by atoms with E-state index in [1.54, 1.807) is 0 Å². The first-order chi connectivity index (χ1) is 8.38. The van der Waals surface area contributed by atoms with E-state index in [9.17, 15) is 0 Å². The normalized spacial score (nSPS) is 32.4. The van der Waals surface area contributed by atoms with Crippen molar-refractivity contribution in [1.29, 1.82) is 0 Å². The smallest absolute Gasteiger partial charge is 0.0351 e. The Kier molecular flexibility index (Phi) is 3.19. The largest absolute Gasteiger partial charge is 0.309 e. The number of hydrogen-bond acceptors (Lipinski definition) is 1. The monoisotopic (exact) mass is 229 g/mol. The van der Waals surface area contributed by atoms with E-state index < -0.39 is 0 Å². The summed E-state index contributed by atoms with van der Waals surface area (Å²) in [7, 11) is 0. The van der Waals surface area contributed by atoms with Gasteiger partial charge in [0.1, 0.15) is 0 Å². The second kappa shape index (κ2) is 4.81. The lowest BCUT2D eigenvalue weighted by Gasteiger charge is -2.28. The molecule has 2 fully saturated rings. The van der Waals surface area contributed by atoms with E-state index in [1.165, 1.54) is 43.4 Å². The van der Waals surface area contributed by atoms with Crippen LogP contribution in [0.25, 0.3) is 0 Å². The number of aryl methyl sites for hydroxylation is 1. The number of benzene rings is 1. The van der Waals surface area contributed by atoms with Crippen molar-refractivity contribution < 1.29 is 0 Å². The van der Waals surface area contributed by atoms with E-state index in [0.29, 0.717) is 6.04 Å². The molecule has 3 atom stereocenters. The predicted molar refractivity (Wildman–Crippen MR) is 72.0 cm³/mol. The Labute approximate surface area is 105 Å².